The standard InChI is InChI=1S/C42H51ClN8O5/c1-27-10-9-20-49(27)41-47-46-37-19-15-29(26-50(37)41)56-34-18-17-33(30-11-5-6-12-31(30)34)44-40(52)45-38-25-36(42(2,3)4)48-51(38)28-14-16-32(43)35(24-28)53-22-23-55-39-13-7-8-21-54-39/h5-6,11-12,14-16,19,24-27,33-34,39H,7-10,13,17-18,20-23H2,1-4H3,(H2,44,45,52). The van der Waals surface area contributed by atoms with E-state index in [1.165, 1.54) is 0 Å². The number of rotatable bonds is 11. The van der Waals surface area contributed by atoms with Crippen LogP contribution < -0.4 is 25.0 Å². The fraction of sp³-hybridized carbons (Fsp3) is 0.476. The summed E-state index contributed by atoms with van der Waals surface area (Å²) in [7, 11) is 0. The molecule has 8 rings (SSSR count). The minimum absolute atomic E-state index is 0.181. The first-order valence-corrected chi connectivity index (χ1v) is 20.2. The predicted octanol–water partition coefficient (Wildman–Crippen LogP) is 8.55. The summed E-state index contributed by atoms with van der Waals surface area (Å²) in [5, 5.41) is 20.6. The number of aromatic nitrogens is 5. The number of benzene rings is 2. The molecular weight excluding hydrogens is 732 g/mol. The van der Waals surface area contributed by atoms with Crippen molar-refractivity contribution in [3.05, 3.63) is 88.7 Å². The largest absolute Gasteiger partial charge is 0.490 e. The highest BCUT2D eigenvalue weighted by Gasteiger charge is 2.31. The number of anilines is 2. The Labute approximate surface area is 332 Å². The molecule has 3 aromatic heterocycles. The van der Waals surface area contributed by atoms with E-state index in [2.05, 4.69) is 65.6 Å². The number of hydrogen-bond acceptors (Lipinski definition) is 9. The molecule has 0 bridgehead atoms. The van der Waals surface area contributed by atoms with E-state index in [1.807, 2.05) is 53.1 Å². The Morgan fingerprint density at radius 1 is 0.964 bits per heavy atom. The summed E-state index contributed by atoms with van der Waals surface area (Å²) in [5.41, 5.74) is 4.11. The van der Waals surface area contributed by atoms with E-state index in [9.17, 15) is 4.79 Å². The minimum Gasteiger partial charge on any atom is -0.490 e. The molecule has 1 aliphatic carbocycles. The van der Waals surface area contributed by atoms with Gasteiger partial charge >= 0.3 is 6.03 Å². The highest BCUT2D eigenvalue weighted by atomic mass is 35.5. The number of fused-ring (bicyclic) bond motifs is 2. The van der Waals surface area contributed by atoms with Crippen molar-refractivity contribution in [2.45, 2.75) is 103 Å². The number of nitrogens with zero attached hydrogens (tertiary/aromatic N) is 6. The van der Waals surface area contributed by atoms with Gasteiger partial charge in [0.25, 0.3) is 0 Å². The monoisotopic (exact) mass is 782 g/mol. The SMILES string of the molecule is CC1CCCN1c1nnc2ccc(OC3CCC(NC(=O)Nc4cc(C(C)(C)C)nn4-c4ccc(Cl)c(OCCOC5CCCCO5)c4)c4ccccc43)cn12. The molecule has 5 aromatic rings. The quantitative estimate of drug-likeness (QED) is 0.127. The number of carbonyl (C=O) groups is 1. The molecule has 14 heteroatoms. The summed E-state index contributed by atoms with van der Waals surface area (Å²) < 4.78 is 27.9. The number of ether oxygens (including phenoxy) is 4. The summed E-state index contributed by atoms with van der Waals surface area (Å²) in [6, 6.07) is 19.3. The lowest BCUT2D eigenvalue weighted by molar-refractivity contribution is -0.165. The number of urea groups is 1. The lowest BCUT2D eigenvalue weighted by Crippen LogP contribution is -2.36. The molecule has 2 amide bonds. The van der Waals surface area contributed by atoms with Gasteiger partial charge in [0.15, 0.2) is 11.9 Å². The molecule has 2 aliphatic heterocycles. The van der Waals surface area contributed by atoms with Crippen LogP contribution in [0.25, 0.3) is 11.3 Å². The molecule has 2 aromatic carbocycles. The average molecular weight is 783 g/mol. The lowest BCUT2D eigenvalue weighted by Gasteiger charge is -2.32. The minimum atomic E-state index is -0.333. The van der Waals surface area contributed by atoms with Crippen molar-refractivity contribution in [3.8, 4) is 17.2 Å². The van der Waals surface area contributed by atoms with Crippen LogP contribution in [-0.2, 0) is 14.9 Å². The number of carbonyl (C=O) groups excluding carboxylic acids is 1. The Morgan fingerprint density at radius 3 is 2.61 bits per heavy atom. The highest BCUT2D eigenvalue weighted by molar-refractivity contribution is 6.32. The van der Waals surface area contributed by atoms with Gasteiger partial charge in [-0.1, -0.05) is 56.6 Å². The maximum atomic E-state index is 13.8. The molecule has 296 valence electrons. The third-order valence-corrected chi connectivity index (χ3v) is 11.2. The van der Waals surface area contributed by atoms with Gasteiger partial charge in [0, 0.05) is 36.7 Å². The van der Waals surface area contributed by atoms with Gasteiger partial charge in [-0.15, -0.1) is 10.2 Å². The molecule has 4 atom stereocenters. The third kappa shape index (κ3) is 8.30. The van der Waals surface area contributed by atoms with Crippen LogP contribution in [0.15, 0.2) is 66.9 Å². The van der Waals surface area contributed by atoms with Crippen molar-refractivity contribution in [2.75, 3.05) is 36.6 Å². The molecule has 0 saturated carbocycles. The van der Waals surface area contributed by atoms with Gasteiger partial charge in [-0.2, -0.15) is 5.10 Å². The van der Waals surface area contributed by atoms with Crippen molar-refractivity contribution >= 4 is 35.0 Å². The molecule has 2 N–H and O–H groups in total. The number of halogens is 1. The number of pyridine rings is 1. The molecule has 5 heterocycles. The van der Waals surface area contributed by atoms with E-state index in [1.54, 1.807) is 10.7 Å². The summed E-state index contributed by atoms with van der Waals surface area (Å²) >= 11 is 6.56. The maximum Gasteiger partial charge on any atom is 0.320 e. The summed E-state index contributed by atoms with van der Waals surface area (Å²) in [5.74, 6) is 2.62. The Bertz CT molecular complexity index is 2160. The van der Waals surface area contributed by atoms with Gasteiger partial charge in [0.2, 0.25) is 5.95 Å². The zero-order valence-corrected chi connectivity index (χ0v) is 33.3. The second kappa shape index (κ2) is 16.3. The first-order valence-electron chi connectivity index (χ1n) is 19.8. The van der Waals surface area contributed by atoms with Gasteiger partial charge in [-0.3, -0.25) is 9.72 Å². The van der Waals surface area contributed by atoms with Gasteiger partial charge < -0.3 is 29.2 Å². The molecular formula is C42H51ClN8O5. The number of hydrogen-bond donors (Lipinski definition) is 2. The lowest BCUT2D eigenvalue weighted by atomic mass is 9.85. The first kappa shape index (κ1) is 38.0. The van der Waals surface area contributed by atoms with Crippen LogP contribution in [0.2, 0.25) is 5.02 Å². The smallest absolute Gasteiger partial charge is 0.320 e. The van der Waals surface area contributed by atoms with Crippen molar-refractivity contribution in [1.82, 2.24) is 29.7 Å². The molecule has 3 aliphatic rings. The predicted molar refractivity (Wildman–Crippen MR) is 215 cm³/mol. The van der Waals surface area contributed by atoms with E-state index in [0.29, 0.717) is 48.0 Å². The Morgan fingerprint density at radius 2 is 1.82 bits per heavy atom. The maximum absolute atomic E-state index is 13.8. The topological polar surface area (TPSA) is 129 Å². The van der Waals surface area contributed by atoms with Crippen molar-refractivity contribution in [3.63, 3.8) is 0 Å². The molecule has 13 nitrogen and oxygen atoms in total. The van der Waals surface area contributed by atoms with Crippen LogP contribution in [0, 0.1) is 0 Å². The normalized spacial score (nSPS) is 21.2. The van der Waals surface area contributed by atoms with Crippen molar-refractivity contribution < 1.29 is 23.7 Å². The zero-order chi connectivity index (χ0) is 38.8. The first-order chi connectivity index (χ1) is 27.1. The van der Waals surface area contributed by atoms with Gasteiger partial charge in [-0.25, -0.2) is 9.48 Å². The van der Waals surface area contributed by atoms with E-state index >= 15 is 0 Å². The average Bonchev–Trinajstić information content (AvgIpc) is 3.93. The third-order valence-electron chi connectivity index (χ3n) is 10.8. The number of amides is 2. The van der Waals surface area contributed by atoms with E-state index < -0.39 is 0 Å². The molecule has 56 heavy (non-hydrogen) atoms. The molecule has 4 unspecified atom stereocenters. The van der Waals surface area contributed by atoms with Crippen LogP contribution in [0.3, 0.4) is 0 Å². The highest BCUT2D eigenvalue weighted by Crippen LogP contribution is 2.39. The van der Waals surface area contributed by atoms with E-state index in [-0.39, 0.29) is 29.9 Å². The van der Waals surface area contributed by atoms with Crippen LogP contribution in [0.5, 0.6) is 11.5 Å². The van der Waals surface area contributed by atoms with Crippen LogP contribution in [-0.4, -0.2) is 69.1 Å². The Kier molecular flexibility index (Phi) is 11.1. The van der Waals surface area contributed by atoms with E-state index in [0.717, 1.165) is 85.8 Å². The van der Waals surface area contributed by atoms with Gasteiger partial charge in [0.1, 0.15) is 30.0 Å². The fourth-order valence-electron chi connectivity index (χ4n) is 7.79. The Hall–Kier alpha value is -4.85. The molecule has 2 saturated heterocycles. The number of nitrogens with one attached hydrogen (secondary N) is 2. The van der Waals surface area contributed by atoms with Crippen LogP contribution in [0.1, 0.15) is 102 Å². The summed E-state index contributed by atoms with van der Waals surface area (Å²) in [6.45, 7) is 10.9. The van der Waals surface area contributed by atoms with Crippen LogP contribution in [0.4, 0.5) is 16.6 Å². The molecule has 2 fully saturated rings. The van der Waals surface area contributed by atoms with Gasteiger partial charge in [-0.05, 0) is 87.3 Å². The fourth-order valence-corrected chi connectivity index (χ4v) is 7.97. The Balaban J connectivity index is 0.959. The molecule has 0 radical (unpaired) electrons. The van der Waals surface area contributed by atoms with Crippen LogP contribution >= 0.6 is 11.6 Å². The van der Waals surface area contributed by atoms with Crippen molar-refractivity contribution in [2.24, 2.45) is 0 Å². The summed E-state index contributed by atoms with van der Waals surface area (Å²) in [4.78, 5) is 16.1. The van der Waals surface area contributed by atoms with Crippen molar-refractivity contribution in [1.29, 1.82) is 0 Å². The zero-order valence-electron chi connectivity index (χ0n) is 32.5. The van der Waals surface area contributed by atoms with E-state index in [4.69, 9.17) is 35.6 Å². The molecule has 0 spiro atoms. The second-order valence-electron chi connectivity index (χ2n) is 15.9. The van der Waals surface area contributed by atoms with Gasteiger partial charge in [0.05, 0.1) is 35.2 Å². The summed E-state index contributed by atoms with van der Waals surface area (Å²) in [6.07, 6.45) is 8.37. The second-order valence-corrected chi connectivity index (χ2v) is 16.4.